The highest BCUT2D eigenvalue weighted by Gasteiger charge is 2.09. The molecule has 0 bridgehead atoms. The lowest BCUT2D eigenvalue weighted by atomic mass is 10.1. The summed E-state index contributed by atoms with van der Waals surface area (Å²) in [4.78, 5) is 14.8. The van der Waals surface area contributed by atoms with E-state index in [1.54, 1.807) is 6.92 Å². The number of aromatic amines is 1. The number of benzene rings is 3. The average molecular weight is 375 g/mol. The highest BCUT2D eigenvalue weighted by molar-refractivity contribution is 6.07. The van der Waals surface area contributed by atoms with Crippen molar-refractivity contribution in [2.45, 2.75) is 13.5 Å². The van der Waals surface area contributed by atoms with E-state index in [4.69, 9.17) is 14.2 Å². The van der Waals surface area contributed by atoms with Crippen LogP contribution in [0.5, 0.6) is 11.5 Å². The van der Waals surface area contributed by atoms with Crippen LogP contribution >= 0.6 is 0 Å². The van der Waals surface area contributed by atoms with Gasteiger partial charge in [0.05, 0.1) is 17.6 Å². The molecule has 142 valence electrons. The van der Waals surface area contributed by atoms with Gasteiger partial charge in [-0.1, -0.05) is 30.3 Å². The van der Waals surface area contributed by atoms with E-state index in [0.29, 0.717) is 19.0 Å². The number of carbonyl (C=O) groups is 1. The number of aromatic nitrogens is 1. The molecular formula is C23H21NO4. The molecule has 28 heavy (non-hydrogen) atoms. The zero-order chi connectivity index (χ0) is 19.3. The number of nitrogens with one attached hydrogen (secondary N) is 1. The van der Waals surface area contributed by atoms with Crippen LogP contribution in [0.4, 0.5) is 0 Å². The fraction of sp³-hybridized carbons (Fsp3) is 0.174. The van der Waals surface area contributed by atoms with E-state index in [1.807, 2.05) is 66.7 Å². The van der Waals surface area contributed by atoms with Gasteiger partial charge in [0.2, 0.25) is 0 Å². The number of hydrogen-bond acceptors (Lipinski definition) is 4. The Morgan fingerprint density at radius 2 is 1.50 bits per heavy atom. The van der Waals surface area contributed by atoms with Crippen LogP contribution < -0.4 is 9.47 Å². The summed E-state index contributed by atoms with van der Waals surface area (Å²) >= 11 is 0. The maximum Gasteiger partial charge on any atom is 0.344 e. The van der Waals surface area contributed by atoms with Crippen LogP contribution in [-0.4, -0.2) is 24.2 Å². The first-order valence-electron chi connectivity index (χ1n) is 9.23. The molecule has 5 heteroatoms. The first-order chi connectivity index (χ1) is 13.7. The third-order valence-corrected chi connectivity index (χ3v) is 4.45. The molecule has 0 unspecified atom stereocenters. The molecule has 0 amide bonds. The first kappa shape index (κ1) is 17.9. The molecule has 1 aromatic heterocycles. The van der Waals surface area contributed by atoms with E-state index in [1.165, 1.54) is 0 Å². The standard InChI is InChI=1S/C23H21NO4/c1-2-26-23(25)15-28-18-9-11-20-19-10-8-17(12-21(19)24-22(20)13-18)27-14-16-6-4-3-5-7-16/h3-13,24H,2,14-15H2,1H3. The van der Waals surface area contributed by atoms with Gasteiger partial charge >= 0.3 is 5.97 Å². The van der Waals surface area contributed by atoms with Crippen molar-refractivity contribution in [1.82, 2.24) is 4.98 Å². The zero-order valence-electron chi connectivity index (χ0n) is 15.6. The third kappa shape index (κ3) is 3.93. The summed E-state index contributed by atoms with van der Waals surface area (Å²) in [5.74, 6) is 1.05. The number of esters is 1. The molecule has 0 aliphatic carbocycles. The summed E-state index contributed by atoms with van der Waals surface area (Å²) in [6.45, 7) is 2.54. The van der Waals surface area contributed by atoms with E-state index in [-0.39, 0.29) is 12.6 Å². The van der Waals surface area contributed by atoms with Crippen LogP contribution in [0.3, 0.4) is 0 Å². The summed E-state index contributed by atoms with van der Waals surface area (Å²) in [7, 11) is 0. The molecule has 1 heterocycles. The molecule has 0 atom stereocenters. The van der Waals surface area contributed by atoms with Crippen molar-refractivity contribution < 1.29 is 19.0 Å². The lowest BCUT2D eigenvalue weighted by Gasteiger charge is -2.06. The molecule has 4 rings (SSSR count). The van der Waals surface area contributed by atoms with Crippen molar-refractivity contribution in [2.24, 2.45) is 0 Å². The molecule has 5 nitrogen and oxygen atoms in total. The van der Waals surface area contributed by atoms with Crippen LogP contribution in [0.1, 0.15) is 12.5 Å². The van der Waals surface area contributed by atoms with Gasteiger partial charge < -0.3 is 19.2 Å². The fourth-order valence-electron chi connectivity index (χ4n) is 3.13. The predicted molar refractivity (Wildman–Crippen MR) is 109 cm³/mol. The maximum atomic E-state index is 11.5. The molecule has 0 spiro atoms. The van der Waals surface area contributed by atoms with Crippen molar-refractivity contribution in [3.05, 3.63) is 72.3 Å². The Hall–Kier alpha value is -3.47. The van der Waals surface area contributed by atoms with Crippen LogP contribution in [0.25, 0.3) is 21.8 Å². The van der Waals surface area contributed by atoms with Crippen molar-refractivity contribution in [3.8, 4) is 11.5 Å². The maximum absolute atomic E-state index is 11.5. The van der Waals surface area contributed by atoms with Crippen LogP contribution in [0, 0.1) is 0 Å². The minimum absolute atomic E-state index is 0.100. The Morgan fingerprint density at radius 1 is 0.857 bits per heavy atom. The number of fused-ring (bicyclic) bond motifs is 3. The lowest BCUT2D eigenvalue weighted by molar-refractivity contribution is -0.145. The highest BCUT2D eigenvalue weighted by atomic mass is 16.6. The van der Waals surface area contributed by atoms with Crippen LogP contribution in [-0.2, 0) is 16.1 Å². The van der Waals surface area contributed by atoms with Gasteiger partial charge in [-0.15, -0.1) is 0 Å². The van der Waals surface area contributed by atoms with Gasteiger partial charge in [-0.05, 0) is 36.8 Å². The van der Waals surface area contributed by atoms with Crippen LogP contribution in [0.15, 0.2) is 66.7 Å². The third-order valence-electron chi connectivity index (χ3n) is 4.45. The molecule has 1 N–H and O–H groups in total. The Labute approximate surface area is 162 Å². The topological polar surface area (TPSA) is 60.5 Å². The average Bonchev–Trinajstić information content (AvgIpc) is 3.08. The van der Waals surface area contributed by atoms with Crippen molar-refractivity contribution >= 4 is 27.8 Å². The van der Waals surface area contributed by atoms with Gasteiger partial charge in [0, 0.05) is 22.9 Å². The fourth-order valence-corrected chi connectivity index (χ4v) is 3.13. The van der Waals surface area contributed by atoms with E-state index in [2.05, 4.69) is 4.98 Å². The van der Waals surface area contributed by atoms with Gasteiger partial charge in [-0.25, -0.2) is 4.79 Å². The van der Waals surface area contributed by atoms with Crippen molar-refractivity contribution in [1.29, 1.82) is 0 Å². The second-order valence-corrected chi connectivity index (χ2v) is 6.41. The molecule has 4 aromatic rings. The van der Waals surface area contributed by atoms with E-state index < -0.39 is 0 Å². The molecule has 0 aliphatic rings. The first-order valence-corrected chi connectivity index (χ1v) is 9.23. The van der Waals surface area contributed by atoms with Crippen LogP contribution in [0.2, 0.25) is 0 Å². The largest absolute Gasteiger partial charge is 0.489 e. The Bertz CT molecular complexity index is 1100. The molecule has 3 aromatic carbocycles. The minimum atomic E-state index is -0.376. The summed E-state index contributed by atoms with van der Waals surface area (Å²) < 4.78 is 16.3. The number of ether oxygens (including phenoxy) is 3. The van der Waals surface area contributed by atoms with Crippen molar-refractivity contribution in [3.63, 3.8) is 0 Å². The zero-order valence-corrected chi connectivity index (χ0v) is 15.6. The van der Waals surface area contributed by atoms with E-state index in [9.17, 15) is 4.79 Å². The van der Waals surface area contributed by atoms with E-state index >= 15 is 0 Å². The van der Waals surface area contributed by atoms with Gasteiger partial charge in [0.25, 0.3) is 0 Å². The number of rotatable bonds is 7. The number of carbonyl (C=O) groups excluding carboxylic acids is 1. The highest BCUT2D eigenvalue weighted by Crippen LogP contribution is 2.30. The number of hydrogen-bond donors (Lipinski definition) is 1. The smallest absolute Gasteiger partial charge is 0.344 e. The summed E-state index contributed by atoms with van der Waals surface area (Å²) in [5, 5.41) is 2.20. The normalized spacial score (nSPS) is 10.9. The molecule has 0 radical (unpaired) electrons. The molecule has 0 saturated heterocycles. The summed E-state index contributed by atoms with van der Waals surface area (Å²) in [6, 6.07) is 21.8. The summed E-state index contributed by atoms with van der Waals surface area (Å²) in [6.07, 6.45) is 0. The minimum Gasteiger partial charge on any atom is -0.489 e. The Balaban J connectivity index is 1.52. The van der Waals surface area contributed by atoms with Gasteiger partial charge in [0.1, 0.15) is 18.1 Å². The second-order valence-electron chi connectivity index (χ2n) is 6.41. The molecule has 0 aliphatic heterocycles. The van der Waals surface area contributed by atoms with E-state index in [0.717, 1.165) is 33.1 Å². The predicted octanol–water partition coefficient (Wildman–Crippen LogP) is 4.84. The Kier molecular flexibility index (Phi) is 5.15. The SMILES string of the molecule is CCOC(=O)COc1ccc2c(c1)[nH]c1cc(OCc3ccccc3)ccc12. The molecule has 0 fully saturated rings. The second kappa shape index (κ2) is 8.05. The molecule has 0 saturated carbocycles. The monoisotopic (exact) mass is 375 g/mol. The summed E-state index contributed by atoms with van der Waals surface area (Å²) in [5.41, 5.74) is 3.06. The van der Waals surface area contributed by atoms with Crippen molar-refractivity contribution in [2.75, 3.05) is 13.2 Å². The quantitative estimate of drug-likeness (QED) is 0.470. The van der Waals surface area contributed by atoms with Gasteiger partial charge in [-0.3, -0.25) is 0 Å². The number of H-pyrrole nitrogens is 1. The van der Waals surface area contributed by atoms with Gasteiger partial charge in [-0.2, -0.15) is 0 Å². The van der Waals surface area contributed by atoms with Gasteiger partial charge in [0.15, 0.2) is 6.61 Å². The Morgan fingerprint density at radius 3 is 2.14 bits per heavy atom. The lowest BCUT2D eigenvalue weighted by Crippen LogP contribution is -2.14. The molecular weight excluding hydrogens is 354 g/mol.